The van der Waals surface area contributed by atoms with E-state index in [1.807, 2.05) is 0 Å². The minimum Gasteiger partial charge on any atom is -0.296 e. The summed E-state index contributed by atoms with van der Waals surface area (Å²) in [5, 5.41) is 2.46. The van der Waals surface area contributed by atoms with Crippen LogP contribution in [-0.4, -0.2) is 11.8 Å². The van der Waals surface area contributed by atoms with Crippen LogP contribution in [0.25, 0.3) is 0 Å². The number of nitrogens with one attached hydrogen (secondary N) is 1. The summed E-state index contributed by atoms with van der Waals surface area (Å²) >= 11 is 0. The highest BCUT2D eigenvalue weighted by molar-refractivity contribution is 6.03. The van der Waals surface area contributed by atoms with Crippen LogP contribution in [-0.2, 0) is 9.59 Å². The summed E-state index contributed by atoms with van der Waals surface area (Å²) in [6, 6.07) is 0. The van der Waals surface area contributed by atoms with Gasteiger partial charge in [0.1, 0.15) is 0 Å². The number of carbonyl (C=O) groups is 2. The van der Waals surface area contributed by atoms with Crippen LogP contribution >= 0.6 is 0 Å². The summed E-state index contributed by atoms with van der Waals surface area (Å²) in [7, 11) is 0. The van der Waals surface area contributed by atoms with Crippen molar-refractivity contribution in [1.82, 2.24) is 5.32 Å². The molecule has 1 fully saturated rings. The summed E-state index contributed by atoms with van der Waals surface area (Å²) in [4.78, 5) is 23.4. The fraction of sp³-hybridized carbons (Fsp3) is 0.800. The van der Waals surface area contributed by atoms with Crippen molar-refractivity contribution in [2.45, 2.75) is 90.9 Å². The zero-order valence-electron chi connectivity index (χ0n) is 15.1. The van der Waals surface area contributed by atoms with E-state index in [0.717, 1.165) is 25.7 Å². The van der Waals surface area contributed by atoms with E-state index >= 15 is 0 Å². The highest BCUT2D eigenvalue weighted by Gasteiger charge is 2.35. The molecule has 0 spiro atoms. The lowest BCUT2D eigenvalue weighted by Crippen LogP contribution is -2.25. The van der Waals surface area contributed by atoms with Gasteiger partial charge in [-0.15, -0.1) is 0 Å². The Labute approximate surface area is 142 Å². The van der Waals surface area contributed by atoms with Crippen molar-refractivity contribution in [3.8, 4) is 0 Å². The first-order valence-corrected chi connectivity index (χ1v) is 9.69. The summed E-state index contributed by atoms with van der Waals surface area (Å²) in [6.45, 7) is 4.40. The Morgan fingerprint density at radius 1 is 1.00 bits per heavy atom. The molecule has 0 aromatic rings. The van der Waals surface area contributed by atoms with E-state index in [-0.39, 0.29) is 23.7 Å². The highest BCUT2D eigenvalue weighted by atomic mass is 16.2. The Morgan fingerprint density at radius 2 is 1.65 bits per heavy atom. The highest BCUT2D eigenvalue weighted by Crippen LogP contribution is 2.27. The first kappa shape index (κ1) is 19.9. The van der Waals surface area contributed by atoms with Gasteiger partial charge in [0.2, 0.25) is 11.8 Å². The Bertz CT molecular complexity index is 376. The lowest BCUT2D eigenvalue weighted by molar-refractivity contribution is -0.126. The Hall–Kier alpha value is -1.12. The minimum absolute atomic E-state index is 0.0688. The molecule has 0 saturated carbocycles. The molecule has 2 amide bonds. The number of rotatable bonds is 13. The topological polar surface area (TPSA) is 46.2 Å². The number of amides is 2. The molecule has 1 saturated heterocycles. The van der Waals surface area contributed by atoms with Gasteiger partial charge in [0, 0.05) is 6.42 Å². The summed E-state index contributed by atoms with van der Waals surface area (Å²) < 4.78 is 0. The summed E-state index contributed by atoms with van der Waals surface area (Å²) in [6.07, 6.45) is 18.4. The summed E-state index contributed by atoms with van der Waals surface area (Å²) in [5.74, 6) is -0.0845. The van der Waals surface area contributed by atoms with Crippen molar-refractivity contribution in [2.75, 3.05) is 0 Å². The Balaban J connectivity index is 2.30. The average Bonchev–Trinajstić information content (AvgIpc) is 2.86. The molecule has 1 rings (SSSR count). The molecule has 1 aliphatic rings. The number of carbonyl (C=O) groups excluding carboxylic acids is 2. The van der Waals surface area contributed by atoms with Gasteiger partial charge in [-0.05, 0) is 18.8 Å². The van der Waals surface area contributed by atoms with E-state index in [1.165, 1.54) is 44.9 Å². The van der Waals surface area contributed by atoms with E-state index < -0.39 is 0 Å². The molecule has 0 radical (unpaired) electrons. The van der Waals surface area contributed by atoms with E-state index in [2.05, 4.69) is 31.3 Å². The van der Waals surface area contributed by atoms with Crippen molar-refractivity contribution in [1.29, 1.82) is 0 Å². The van der Waals surface area contributed by atoms with Crippen molar-refractivity contribution in [3.05, 3.63) is 12.2 Å². The van der Waals surface area contributed by atoms with Crippen LogP contribution < -0.4 is 5.32 Å². The van der Waals surface area contributed by atoms with Crippen molar-refractivity contribution < 1.29 is 9.59 Å². The van der Waals surface area contributed by atoms with Gasteiger partial charge in [-0.25, -0.2) is 0 Å². The molecule has 0 aromatic heterocycles. The Morgan fingerprint density at radius 3 is 2.22 bits per heavy atom. The number of unbranched alkanes of at least 4 members (excludes halogenated alkanes) is 8. The molecule has 1 aliphatic heterocycles. The molecule has 3 heteroatoms. The molecule has 1 heterocycles. The second kappa shape index (κ2) is 12.3. The third-order valence-electron chi connectivity index (χ3n) is 4.75. The zero-order valence-corrected chi connectivity index (χ0v) is 15.1. The third-order valence-corrected chi connectivity index (χ3v) is 4.75. The van der Waals surface area contributed by atoms with E-state index in [9.17, 15) is 9.59 Å². The maximum atomic E-state index is 11.9. The van der Waals surface area contributed by atoms with E-state index in [1.54, 1.807) is 0 Å². The number of hydrogen-bond donors (Lipinski definition) is 1. The van der Waals surface area contributed by atoms with Gasteiger partial charge in [-0.3, -0.25) is 14.9 Å². The second-order valence-electron chi connectivity index (χ2n) is 6.87. The van der Waals surface area contributed by atoms with Crippen molar-refractivity contribution in [3.63, 3.8) is 0 Å². The van der Waals surface area contributed by atoms with Gasteiger partial charge in [-0.2, -0.15) is 0 Å². The number of imide groups is 1. The van der Waals surface area contributed by atoms with Crippen LogP contribution in [0.2, 0.25) is 0 Å². The van der Waals surface area contributed by atoms with Gasteiger partial charge in [0.05, 0.1) is 5.92 Å². The third kappa shape index (κ3) is 8.34. The molecule has 0 aliphatic carbocycles. The van der Waals surface area contributed by atoms with Crippen LogP contribution in [0.1, 0.15) is 90.9 Å². The van der Waals surface area contributed by atoms with E-state index in [4.69, 9.17) is 0 Å². The number of allylic oxidation sites excluding steroid dienone is 2. The predicted octanol–water partition coefficient (Wildman–Crippen LogP) is 5.15. The van der Waals surface area contributed by atoms with Crippen LogP contribution in [0.3, 0.4) is 0 Å². The quantitative estimate of drug-likeness (QED) is 0.289. The van der Waals surface area contributed by atoms with Crippen molar-refractivity contribution in [2.24, 2.45) is 11.8 Å². The first-order valence-electron chi connectivity index (χ1n) is 9.69. The van der Waals surface area contributed by atoms with Crippen LogP contribution in [0.4, 0.5) is 0 Å². The van der Waals surface area contributed by atoms with Crippen LogP contribution in [0.15, 0.2) is 12.2 Å². The molecule has 3 nitrogen and oxygen atoms in total. The fourth-order valence-corrected chi connectivity index (χ4v) is 3.30. The maximum absolute atomic E-state index is 11.9. The van der Waals surface area contributed by atoms with Gasteiger partial charge in [-0.1, -0.05) is 83.8 Å². The zero-order chi connectivity index (χ0) is 16.9. The summed E-state index contributed by atoms with van der Waals surface area (Å²) in [5.41, 5.74) is 0. The fourth-order valence-electron chi connectivity index (χ4n) is 3.30. The minimum atomic E-state index is -0.139. The molecular formula is C20H35NO2. The molecule has 0 aromatic carbocycles. The Kier molecular flexibility index (Phi) is 10.7. The monoisotopic (exact) mass is 321 g/mol. The number of hydrogen-bond acceptors (Lipinski definition) is 2. The standard InChI is InChI=1S/C20H35NO2/c1-3-5-7-8-9-10-11-13-15-17(14-12-6-4-2)18-16-19(22)21-20(18)23/h12,14,17-18H,3-11,13,15-16H2,1-2H3,(H,21,22,23)/b14-12+. The largest absolute Gasteiger partial charge is 0.296 e. The van der Waals surface area contributed by atoms with Gasteiger partial charge < -0.3 is 0 Å². The molecule has 0 bridgehead atoms. The SMILES string of the molecule is CCC/C=C/C(CCCCCCCCCC)C1CC(=O)NC1=O. The van der Waals surface area contributed by atoms with E-state index in [0.29, 0.717) is 6.42 Å². The first-order chi connectivity index (χ1) is 11.2. The predicted molar refractivity (Wildman–Crippen MR) is 96.0 cm³/mol. The second-order valence-corrected chi connectivity index (χ2v) is 6.87. The van der Waals surface area contributed by atoms with Gasteiger partial charge in [0.25, 0.3) is 0 Å². The molecular weight excluding hydrogens is 286 g/mol. The van der Waals surface area contributed by atoms with Crippen LogP contribution in [0.5, 0.6) is 0 Å². The molecule has 2 unspecified atom stereocenters. The molecule has 132 valence electrons. The molecule has 1 N–H and O–H groups in total. The smallest absolute Gasteiger partial charge is 0.230 e. The van der Waals surface area contributed by atoms with Crippen LogP contribution in [0, 0.1) is 11.8 Å². The lowest BCUT2D eigenvalue weighted by atomic mass is 9.85. The molecule has 2 atom stereocenters. The normalized spacial score (nSPS) is 19.5. The molecule has 23 heavy (non-hydrogen) atoms. The van der Waals surface area contributed by atoms with Gasteiger partial charge in [0.15, 0.2) is 0 Å². The average molecular weight is 322 g/mol. The van der Waals surface area contributed by atoms with Crippen molar-refractivity contribution >= 4 is 11.8 Å². The maximum Gasteiger partial charge on any atom is 0.230 e. The van der Waals surface area contributed by atoms with Gasteiger partial charge >= 0.3 is 0 Å². The lowest BCUT2D eigenvalue weighted by Gasteiger charge is -2.17.